The van der Waals surface area contributed by atoms with Gasteiger partial charge in [0.1, 0.15) is 12.1 Å². The number of hydrogen-bond donors (Lipinski definition) is 3. The summed E-state index contributed by atoms with van der Waals surface area (Å²) in [6.07, 6.45) is 34.8. The summed E-state index contributed by atoms with van der Waals surface area (Å²) in [7, 11) is -4.61. The van der Waals surface area contributed by atoms with Crippen molar-refractivity contribution >= 4 is 19.8 Å². The van der Waals surface area contributed by atoms with E-state index in [1.807, 2.05) is 0 Å². The molecule has 0 rings (SSSR count). The van der Waals surface area contributed by atoms with E-state index in [4.69, 9.17) is 24.8 Å². The number of phosphoric ester groups is 1. The van der Waals surface area contributed by atoms with Crippen molar-refractivity contribution < 1.29 is 42.7 Å². The topological polar surface area (TPSA) is 155 Å². The second-order valence-electron chi connectivity index (χ2n) is 12.3. The molecule has 0 aromatic carbocycles. The molecule has 11 heteroatoms. The molecule has 0 aliphatic carbocycles. The molecular weight excluding hydrogens is 633 g/mol. The van der Waals surface area contributed by atoms with Crippen molar-refractivity contribution in [2.45, 2.75) is 161 Å². The fourth-order valence-corrected chi connectivity index (χ4v) is 5.44. The van der Waals surface area contributed by atoms with Gasteiger partial charge in [0, 0.05) is 13.0 Å². The Labute approximate surface area is 291 Å². The van der Waals surface area contributed by atoms with Crippen LogP contribution in [0.1, 0.15) is 149 Å². The summed E-state index contributed by atoms with van der Waals surface area (Å²) in [5.41, 5.74) is 5.33. The molecule has 0 fully saturated rings. The van der Waals surface area contributed by atoms with Crippen LogP contribution in [0.5, 0.6) is 0 Å². The van der Waals surface area contributed by atoms with Crippen molar-refractivity contribution in [3.05, 3.63) is 36.5 Å². The Balaban J connectivity index is 4.36. The SMILES string of the molecule is CCCC/C=C\C/C=C\CCCCCCCC(=O)OC(COCCCCCCCC/C=C\CCCC)COP(=O)(O)OCC(N)C(=O)O. The van der Waals surface area contributed by atoms with Crippen molar-refractivity contribution in [3.8, 4) is 0 Å². The maximum atomic E-state index is 12.5. The molecule has 10 nitrogen and oxygen atoms in total. The minimum Gasteiger partial charge on any atom is -0.480 e. The highest BCUT2D eigenvalue weighted by Crippen LogP contribution is 2.43. The fraction of sp³-hybridized carbons (Fsp3) is 0.784. The van der Waals surface area contributed by atoms with E-state index in [1.54, 1.807) is 0 Å². The van der Waals surface area contributed by atoms with Crippen LogP contribution < -0.4 is 5.73 Å². The molecule has 0 bridgehead atoms. The molecule has 0 saturated heterocycles. The molecule has 0 spiro atoms. The number of carboxylic acid groups (broad SMARTS) is 1. The van der Waals surface area contributed by atoms with Crippen molar-refractivity contribution in [2.24, 2.45) is 5.73 Å². The Bertz CT molecular complexity index is 909. The molecule has 3 unspecified atom stereocenters. The summed E-state index contributed by atoms with van der Waals surface area (Å²) in [5.74, 6) is -1.80. The Hall–Kier alpha value is -1.81. The van der Waals surface area contributed by atoms with E-state index < -0.39 is 45.1 Å². The number of nitrogens with two attached hydrogens (primary N) is 1. The largest absolute Gasteiger partial charge is 0.480 e. The van der Waals surface area contributed by atoms with E-state index in [9.17, 15) is 19.0 Å². The van der Waals surface area contributed by atoms with Crippen LogP contribution in [0.15, 0.2) is 36.5 Å². The molecule has 4 N–H and O–H groups in total. The first-order valence-electron chi connectivity index (χ1n) is 18.5. The van der Waals surface area contributed by atoms with Gasteiger partial charge in [-0.05, 0) is 57.8 Å². The lowest BCUT2D eigenvalue weighted by atomic mass is 10.1. The zero-order valence-electron chi connectivity index (χ0n) is 30.1. The van der Waals surface area contributed by atoms with Gasteiger partial charge in [-0.15, -0.1) is 0 Å². The normalized spacial score (nSPS) is 14.6. The van der Waals surface area contributed by atoms with E-state index >= 15 is 0 Å². The van der Waals surface area contributed by atoms with Crippen LogP contribution in [0, 0.1) is 0 Å². The third kappa shape index (κ3) is 32.7. The van der Waals surface area contributed by atoms with Gasteiger partial charge in [0.05, 0.1) is 19.8 Å². The zero-order valence-corrected chi connectivity index (χ0v) is 31.0. The van der Waals surface area contributed by atoms with Crippen LogP contribution in [-0.4, -0.2) is 60.5 Å². The van der Waals surface area contributed by atoms with Gasteiger partial charge >= 0.3 is 19.8 Å². The van der Waals surface area contributed by atoms with Gasteiger partial charge in [-0.3, -0.25) is 18.6 Å². The first-order valence-corrected chi connectivity index (χ1v) is 20.0. The molecule has 0 aliphatic heterocycles. The third-order valence-electron chi connectivity index (χ3n) is 7.64. The third-order valence-corrected chi connectivity index (χ3v) is 8.59. The van der Waals surface area contributed by atoms with E-state index in [1.165, 1.54) is 51.4 Å². The first kappa shape index (κ1) is 46.2. The molecule has 0 radical (unpaired) electrons. The average Bonchev–Trinajstić information content (AvgIpc) is 3.06. The molecule has 48 heavy (non-hydrogen) atoms. The van der Waals surface area contributed by atoms with Gasteiger partial charge in [-0.1, -0.05) is 121 Å². The minimum absolute atomic E-state index is 0.00674. The Kier molecular flexibility index (Phi) is 32.4. The van der Waals surface area contributed by atoms with Gasteiger partial charge in [0.25, 0.3) is 0 Å². The van der Waals surface area contributed by atoms with Crippen LogP contribution >= 0.6 is 7.82 Å². The number of hydrogen-bond acceptors (Lipinski definition) is 8. The van der Waals surface area contributed by atoms with E-state index in [-0.39, 0.29) is 13.0 Å². The number of unbranched alkanes of at least 4 members (excludes halogenated alkanes) is 15. The number of ether oxygens (including phenoxy) is 2. The molecule has 280 valence electrons. The van der Waals surface area contributed by atoms with E-state index in [0.717, 1.165) is 70.6 Å². The van der Waals surface area contributed by atoms with Gasteiger partial charge in [0.15, 0.2) is 0 Å². The minimum atomic E-state index is -4.61. The Morgan fingerprint density at radius 1 is 0.667 bits per heavy atom. The summed E-state index contributed by atoms with van der Waals surface area (Å²) >= 11 is 0. The number of phosphoric acid groups is 1. The van der Waals surface area contributed by atoms with Crippen LogP contribution in [-0.2, 0) is 32.7 Å². The van der Waals surface area contributed by atoms with Crippen molar-refractivity contribution in [1.29, 1.82) is 0 Å². The molecule has 0 aromatic rings. The molecule has 0 saturated carbocycles. The van der Waals surface area contributed by atoms with E-state index in [0.29, 0.717) is 13.0 Å². The monoisotopic (exact) mass is 701 g/mol. The van der Waals surface area contributed by atoms with Crippen molar-refractivity contribution in [1.82, 2.24) is 0 Å². The Morgan fingerprint density at radius 3 is 1.71 bits per heavy atom. The van der Waals surface area contributed by atoms with Gasteiger partial charge in [-0.2, -0.15) is 0 Å². The number of carbonyl (C=O) groups is 2. The number of allylic oxidation sites excluding steroid dienone is 6. The highest BCUT2D eigenvalue weighted by atomic mass is 31.2. The van der Waals surface area contributed by atoms with Crippen LogP contribution in [0.4, 0.5) is 0 Å². The standard InChI is InChI=1S/C37H68NO9P/c1-3-5-7-9-11-13-15-17-18-19-21-23-25-27-29-36(39)47-34(32-45-48(42,43)46-33-35(38)37(40)41)31-44-30-28-26-24-22-20-16-14-12-10-8-6-4-2/h9-12,15,17,34-35H,3-8,13-14,16,18-33,38H2,1-2H3,(H,40,41)(H,42,43)/b11-9-,12-10-,17-15-. The lowest BCUT2D eigenvalue weighted by molar-refractivity contribution is -0.154. The highest BCUT2D eigenvalue weighted by Gasteiger charge is 2.27. The summed E-state index contributed by atoms with van der Waals surface area (Å²) < 4.78 is 33.1. The first-order chi connectivity index (χ1) is 23.2. The number of esters is 1. The predicted octanol–water partition coefficient (Wildman–Crippen LogP) is 9.36. The molecule has 0 heterocycles. The molecule has 0 aromatic heterocycles. The quantitative estimate of drug-likeness (QED) is 0.0252. The van der Waals surface area contributed by atoms with Crippen molar-refractivity contribution in [2.75, 3.05) is 26.4 Å². The van der Waals surface area contributed by atoms with Crippen LogP contribution in [0.2, 0.25) is 0 Å². The average molecular weight is 702 g/mol. The summed E-state index contributed by atoms with van der Waals surface area (Å²) in [6, 6.07) is -1.47. The number of carbonyl (C=O) groups excluding carboxylic acids is 1. The number of rotatable bonds is 35. The molecule has 3 atom stereocenters. The molecular formula is C37H68NO9P. The van der Waals surface area contributed by atoms with Crippen LogP contribution in [0.25, 0.3) is 0 Å². The van der Waals surface area contributed by atoms with Gasteiger partial charge in [0.2, 0.25) is 0 Å². The lowest BCUT2D eigenvalue weighted by Gasteiger charge is -2.20. The summed E-state index contributed by atoms with van der Waals surface area (Å²) in [4.78, 5) is 33.3. The highest BCUT2D eigenvalue weighted by molar-refractivity contribution is 7.47. The fourth-order valence-electron chi connectivity index (χ4n) is 4.66. The molecule has 0 aliphatic rings. The van der Waals surface area contributed by atoms with Gasteiger partial charge in [-0.25, -0.2) is 4.57 Å². The summed E-state index contributed by atoms with van der Waals surface area (Å²) in [6.45, 7) is 3.75. The number of aliphatic carboxylic acids is 1. The second-order valence-corrected chi connectivity index (χ2v) is 13.8. The van der Waals surface area contributed by atoms with E-state index in [2.05, 4.69) is 54.8 Å². The van der Waals surface area contributed by atoms with Crippen molar-refractivity contribution in [3.63, 3.8) is 0 Å². The lowest BCUT2D eigenvalue weighted by Crippen LogP contribution is -2.34. The molecule has 0 amide bonds. The maximum absolute atomic E-state index is 12.5. The predicted molar refractivity (Wildman–Crippen MR) is 194 cm³/mol. The number of carboxylic acids is 1. The van der Waals surface area contributed by atoms with Crippen LogP contribution in [0.3, 0.4) is 0 Å². The zero-order chi connectivity index (χ0) is 35.6. The summed E-state index contributed by atoms with van der Waals surface area (Å²) in [5, 5.41) is 8.85. The maximum Gasteiger partial charge on any atom is 0.472 e. The second kappa shape index (κ2) is 33.7. The smallest absolute Gasteiger partial charge is 0.472 e. The van der Waals surface area contributed by atoms with Gasteiger partial charge < -0.3 is 25.2 Å². The Morgan fingerprint density at radius 2 is 1.15 bits per heavy atom.